The van der Waals surface area contributed by atoms with E-state index in [-0.39, 0.29) is 11.3 Å². The van der Waals surface area contributed by atoms with Gasteiger partial charge in [-0.15, -0.1) is 0 Å². The standard InChI is InChI=1S/C10H10F3N2/c1-10(11)6-8(14)7-4-2-3-5-9(7)15(10,12)13/h2-6H,14H2,1H3/q+1. The van der Waals surface area contributed by atoms with Gasteiger partial charge >= 0.3 is 5.79 Å². The van der Waals surface area contributed by atoms with E-state index in [1.165, 1.54) is 18.2 Å². The molecule has 0 aliphatic carbocycles. The SMILES string of the molecule is CC1(F)C=C(N)c2ccccc2[N+]1(F)F. The lowest BCUT2D eigenvalue weighted by Gasteiger charge is -2.29. The lowest BCUT2D eigenvalue weighted by Crippen LogP contribution is -2.51. The zero-order valence-corrected chi connectivity index (χ0v) is 8.05. The average molecular weight is 215 g/mol. The van der Waals surface area contributed by atoms with Crippen LogP contribution >= 0.6 is 0 Å². The summed E-state index contributed by atoms with van der Waals surface area (Å²) in [7, 11) is 0. The van der Waals surface area contributed by atoms with Crippen molar-refractivity contribution in [3.63, 3.8) is 0 Å². The van der Waals surface area contributed by atoms with E-state index in [4.69, 9.17) is 5.73 Å². The number of nitrogens with two attached hydrogens (primary N) is 1. The quantitative estimate of drug-likeness (QED) is 0.522. The lowest BCUT2D eigenvalue weighted by atomic mass is 10.0. The number of benzene rings is 1. The molecule has 0 fully saturated rings. The van der Waals surface area contributed by atoms with Crippen molar-refractivity contribution in [3.05, 3.63) is 35.9 Å². The predicted molar refractivity (Wildman–Crippen MR) is 52.1 cm³/mol. The van der Waals surface area contributed by atoms with Gasteiger partial charge in [-0.1, -0.05) is 12.1 Å². The van der Waals surface area contributed by atoms with E-state index in [9.17, 15) is 13.4 Å². The van der Waals surface area contributed by atoms with Crippen molar-refractivity contribution in [2.24, 2.45) is 5.73 Å². The molecule has 2 nitrogen and oxygen atoms in total. The van der Waals surface area contributed by atoms with Crippen LogP contribution in [0.1, 0.15) is 12.5 Å². The fraction of sp³-hybridized carbons (Fsp3) is 0.200. The van der Waals surface area contributed by atoms with Gasteiger partial charge in [0.2, 0.25) is 5.69 Å². The number of hydrogen-bond acceptors (Lipinski definition) is 1. The van der Waals surface area contributed by atoms with Crippen LogP contribution in [0.4, 0.5) is 19.0 Å². The van der Waals surface area contributed by atoms with E-state index in [0.717, 1.165) is 13.0 Å². The first-order valence-corrected chi connectivity index (χ1v) is 4.42. The summed E-state index contributed by atoms with van der Waals surface area (Å²) in [5.41, 5.74) is 5.33. The van der Waals surface area contributed by atoms with Crippen molar-refractivity contribution in [3.8, 4) is 0 Å². The molecule has 1 aliphatic rings. The number of rotatable bonds is 0. The maximum atomic E-state index is 13.6. The molecule has 2 N–H and O–H groups in total. The first-order valence-electron chi connectivity index (χ1n) is 4.42. The maximum absolute atomic E-state index is 13.6. The van der Waals surface area contributed by atoms with E-state index < -0.39 is 16.4 Å². The smallest absolute Gasteiger partial charge is 0.338 e. The van der Waals surface area contributed by atoms with Crippen LogP contribution in [0.3, 0.4) is 0 Å². The Kier molecular flexibility index (Phi) is 1.85. The van der Waals surface area contributed by atoms with Crippen LogP contribution in [0.2, 0.25) is 0 Å². The monoisotopic (exact) mass is 215 g/mol. The highest BCUT2D eigenvalue weighted by Crippen LogP contribution is 2.45. The largest absolute Gasteiger partial charge is 0.398 e. The second-order valence-electron chi connectivity index (χ2n) is 3.65. The van der Waals surface area contributed by atoms with Gasteiger partial charge in [-0.05, 0) is 6.07 Å². The highest BCUT2D eigenvalue weighted by molar-refractivity contribution is 5.76. The number of alkyl halides is 1. The zero-order valence-electron chi connectivity index (χ0n) is 8.05. The molecule has 0 saturated carbocycles. The van der Waals surface area contributed by atoms with Gasteiger partial charge in [0.25, 0.3) is 0 Å². The first-order chi connectivity index (χ1) is 6.86. The molecule has 80 valence electrons. The topological polar surface area (TPSA) is 26.0 Å². The van der Waals surface area contributed by atoms with E-state index in [2.05, 4.69) is 0 Å². The van der Waals surface area contributed by atoms with Crippen LogP contribution in [-0.2, 0) is 0 Å². The third kappa shape index (κ3) is 1.23. The summed E-state index contributed by atoms with van der Waals surface area (Å²) >= 11 is 0. The summed E-state index contributed by atoms with van der Waals surface area (Å²) in [6.45, 7) is 0.801. The Bertz CT molecular complexity index is 438. The Morgan fingerprint density at radius 1 is 1.27 bits per heavy atom. The van der Waals surface area contributed by atoms with Crippen molar-refractivity contribution < 1.29 is 13.4 Å². The predicted octanol–water partition coefficient (Wildman–Crippen LogP) is 2.76. The van der Waals surface area contributed by atoms with Crippen LogP contribution in [-0.4, -0.2) is 5.79 Å². The first kappa shape index (κ1) is 10.0. The summed E-state index contributed by atoms with van der Waals surface area (Å²) in [5.74, 6) is -2.79. The van der Waals surface area contributed by atoms with Gasteiger partial charge in [-0.25, -0.2) is 0 Å². The second kappa shape index (κ2) is 2.76. The number of para-hydroxylation sites is 1. The third-order valence-electron chi connectivity index (χ3n) is 2.49. The number of fused-ring (bicyclic) bond motifs is 1. The van der Waals surface area contributed by atoms with Crippen molar-refractivity contribution in [2.75, 3.05) is 0 Å². The third-order valence-corrected chi connectivity index (χ3v) is 2.49. The van der Waals surface area contributed by atoms with E-state index in [0.29, 0.717) is 0 Å². The highest BCUT2D eigenvalue weighted by Gasteiger charge is 2.58. The van der Waals surface area contributed by atoms with Gasteiger partial charge in [-0.2, -0.15) is 4.39 Å². The summed E-state index contributed by atoms with van der Waals surface area (Å²) in [6, 6.07) is 5.63. The molecule has 2 rings (SSSR count). The van der Waals surface area contributed by atoms with Crippen LogP contribution in [0.25, 0.3) is 5.70 Å². The van der Waals surface area contributed by atoms with E-state index >= 15 is 0 Å². The van der Waals surface area contributed by atoms with Crippen LogP contribution < -0.4 is 10.7 Å². The molecule has 1 unspecified atom stereocenters. The molecule has 0 amide bonds. The molecular weight excluding hydrogens is 205 g/mol. The van der Waals surface area contributed by atoms with Crippen molar-refractivity contribution >= 4 is 11.4 Å². The van der Waals surface area contributed by atoms with Crippen molar-refractivity contribution in [2.45, 2.75) is 12.7 Å². The molecule has 0 saturated heterocycles. The Labute approximate surface area is 84.9 Å². The molecule has 1 heterocycles. The fourth-order valence-electron chi connectivity index (χ4n) is 1.64. The Morgan fingerprint density at radius 2 is 1.87 bits per heavy atom. The summed E-state index contributed by atoms with van der Waals surface area (Å²) in [6.07, 6.45) is 0.745. The molecule has 0 aromatic heterocycles. The number of halogens is 3. The molecular formula is C10H10F3N2+. The summed E-state index contributed by atoms with van der Waals surface area (Å²) < 4.78 is 40.9. The van der Waals surface area contributed by atoms with E-state index in [1.54, 1.807) is 6.07 Å². The van der Waals surface area contributed by atoms with Crippen molar-refractivity contribution in [1.82, 2.24) is 4.93 Å². The Balaban J connectivity index is 2.73. The second-order valence-corrected chi connectivity index (χ2v) is 3.65. The number of hydrogen-bond donors (Lipinski definition) is 1. The van der Waals surface area contributed by atoms with Gasteiger partial charge in [0.15, 0.2) is 0 Å². The minimum absolute atomic E-state index is 0.0413. The molecule has 1 atom stereocenters. The Hall–Kier alpha value is -1.49. The van der Waals surface area contributed by atoms with Gasteiger partial charge < -0.3 is 5.73 Å². The van der Waals surface area contributed by atoms with Crippen LogP contribution in [0.15, 0.2) is 30.3 Å². The normalized spacial score (nSPS) is 28.1. The summed E-state index contributed by atoms with van der Waals surface area (Å²) in [5, 5.41) is 0. The molecule has 0 bridgehead atoms. The van der Waals surface area contributed by atoms with E-state index in [1.807, 2.05) is 0 Å². The highest BCUT2D eigenvalue weighted by atomic mass is 19.4. The minimum Gasteiger partial charge on any atom is -0.398 e. The molecule has 1 aromatic carbocycles. The van der Waals surface area contributed by atoms with Gasteiger partial charge in [0, 0.05) is 19.1 Å². The van der Waals surface area contributed by atoms with Crippen LogP contribution in [0.5, 0.6) is 0 Å². The Morgan fingerprint density at radius 3 is 2.53 bits per heavy atom. The van der Waals surface area contributed by atoms with Crippen molar-refractivity contribution in [1.29, 1.82) is 0 Å². The maximum Gasteiger partial charge on any atom is 0.338 e. The number of quaternary nitrogens is 1. The molecule has 0 spiro atoms. The minimum atomic E-state index is -2.83. The van der Waals surface area contributed by atoms with Gasteiger partial charge in [0.05, 0.1) is 20.2 Å². The van der Waals surface area contributed by atoms with Gasteiger partial charge in [-0.3, -0.25) is 0 Å². The zero-order chi connectivity index (χ0) is 11.3. The van der Waals surface area contributed by atoms with Crippen LogP contribution in [0, 0.1) is 0 Å². The summed E-state index contributed by atoms with van der Waals surface area (Å²) in [4.78, 5) is -2.83. The lowest BCUT2D eigenvalue weighted by molar-refractivity contribution is -0.238. The molecule has 15 heavy (non-hydrogen) atoms. The average Bonchev–Trinajstić information content (AvgIpc) is 2.15. The molecule has 1 aromatic rings. The number of nitrogens with zero attached hydrogens (tertiary/aromatic N) is 1. The molecule has 1 aliphatic heterocycles. The fourth-order valence-corrected chi connectivity index (χ4v) is 1.64. The molecule has 5 heteroatoms. The van der Waals surface area contributed by atoms with Gasteiger partial charge in [0.1, 0.15) is 4.93 Å². The molecule has 0 radical (unpaired) electrons.